The Bertz CT molecular complexity index is 1000. The van der Waals surface area contributed by atoms with Crippen LogP contribution in [0.25, 0.3) is 5.69 Å². The van der Waals surface area contributed by atoms with Crippen molar-refractivity contribution >= 4 is 0 Å². The second kappa shape index (κ2) is 13.2. The molecule has 0 amide bonds. The first-order chi connectivity index (χ1) is 16.6. The summed E-state index contributed by atoms with van der Waals surface area (Å²) in [6, 6.07) is 17.7. The lowest BCUT2D eigenvalue weighted by Crippen LogP contribution is -2.33. The van der Waals surface area contributed by atoms with Gasteiger partial charge < -0.3 is 14.6 Å². The molecular weight excluding hydrogens is 426 g/mol. The van der Waals surface area contributed by atoms with E-state index in [0.29, 0.717) is 30.5 Å². The molecule has 0 aliphatic heterocycles. The first-order valence-electron chi connectivity index (χ1n) is 12.5. The molecule has 6 heteroatoms. The van der Waals surface area contributed by atoms with Gasteiger partial charge in [0.2, 0.25) is 5.88 Å². The fourth-order valence-corrected chi connectivity index (χ4v) is 4.18. The highest BCUT2D eigenvalue weighted by molar-refractivity contribution is 5.47. The van der Waals surface area contributed by atoms with Gasteiger partial charge in [0, 0.05) is 13.1 Å². The first kappa shape index (κ1) is 25.8. The molecule has 0 fully saturated rings. The third-order valence-electron chi connectivity index (χ3n) is 5.91. The molecule has 1 heterocycles. The standard InChI is InChI=1S/C28H39N3O3/c1-5-8-16-23(32)20-30(19-6-2)21-24-25(7-3)29-31(22-14-10-9-11-15-22)28(24)34-27-18-13-12-17-26(27)33-4/h9-15,17-18,23,32H,5-8,16,19-21H2,1-4H3/t23-/m0/s1. The van der Waals surface area contributed by atoms with Crippen molar-refractivity contribution in [1.82, 2.24) is 14.7 Å². The predicted octanol–water partition coefficient (Wildman–Crippen LogP) is 6.00. The van der Waals surface area contributed by atoms with Crippen molar-refractivity contribution in [2.45, 2.75) is 65.5 Å². The van der Waals surface area contributed by atoms with Crippen molar-refractivity contribution in [3.63, 3.8) is 0 Å². The van der Waals surface area contributed by atoms with Gasteiger partial charge in [-0.15, -0.1) is 0 Å². The van der Waals surface area contributed by atoms with E-state index in [4.69, 9.17) is 14.6 Å². The minimum Gasteiger partial charge on any atom is -0.493 e. The van der Waals surface area contributed by atoms with Crippen LogP contribution < -0.4 is 9.47 Å². The Morgan fingerprint density at radius 1 is 0.971 bits per heavy atom. The fourth-order valence-electron chi connectivity index (χ4n) is 4.18. The Labute approximate surface area is 204 Å². The second-order valence-electron chi connectivity index (χ2n) is 8.62. The molecule has 1 N–H and O–H groups in total. The van der Waals surface area contributed by atoms with Crippen LogP contribution in [0.15, 0.2) is 54.6 Å². The molecule has 184 valence electrons. The van der Waals surface area contributed by atoms with Gasteiger partial charge in [0.15, 0.2) is 11.5 Å². The zero-order valence-electron chi connectivity index (χ0n) is 21.0. The van der Waals surface area contributed by atoms with Gasteiger partial charge in [-0.2, -0.15) is 5.10 Å². The van der Waals surface area contributed by atoms with Crippen molar-refractivity contribution < 1.29 is 14.6 Å². The Morgan fingerprint density at radius 2 is 1.68 bits per heavy atom. The number of hydrogen-bond acceptors (Lipinski definition) is 5. The molecule has 0 spiro atoms. The molecule has 3 aromatic rings. The normalized spacial score (nSPS) is 12.2. The van der Waals surface area contributed by atoms with Crippen LogP contribution >= 0.6 is 0 Å². The van der Waals surface area contributed by atoms with Gasteiger partial charge in [0.05, 0.1) is 30.2 Å². The van der Waals surface area contributed by atoms with E-state index < -0.39 is 0 Å². The van der Waals surface area contributed by atoms with E-state index in [2.05, 4.69) is 25.7 Å². The van der Waals surface area contributed by atoms with E-state index in [9.17, 15) is 5.11 Å². The highest BCUT2D eigenvalue weighted by Crippen LogP contribution is 2.36. The molecule has 1 atom stereocenters. The van der Waals surface area contributed by atoms with Gasteiger partial charge >= 0.3 is 0 Å². The molecule has 34 heavy (non-hydrogen) atoms. The summed E-state index contributed by atoms with van der Waals surface area (Å²) in [7, 11) is 1.65. The molecule has 0 radical (unpaired) electrons. The number of benzene rings is 2. The number of ether oxygens (including phenoxy) is 2. The van der Waals surface area contributed by atoms with E-state index >= 15 is 0 Å². The number of nitrogens with zero attached hydrogens (tertiary/aromatic N) is 3. The van der Waals surface area contributed by atoms with Crippen LogP contribution in [-0.4, -0.2) is 46.1 Å². The van der Waals surface area contributed by atoms with Gasteiger partial charge in [0.25, 0.3) is 0 Å². The molecule has 3 rings (SSSR count). The van der Waals surface area contributed by atoms with Crippen LogP contribution in [0.2, 0.25) is 0 Å². The topological polar surface area (TPSA) is 59.8 Å². The monoisotopic (exact) mass is 465 g/mol. The van der Waals surface area contributed by atoms with E-state index in [1.807, 2.05) is 59.3 Å². The van der Waals surface area contributed by atoms with E-state index in [1.54, 1.807) is 7.11 Å². The molecule has 0 saturated heterocycles. The molecule has 0 aliphatic rings. The van der Waals surface area contributed by atoms with Crippen LogP contribution in [0.1, 0.15) is 57.7 Å². The second-order valence-corrected chi connectivity index (χ2v) is 8.62. The first-order valence-corrected chi connectivity index (χ1v) is 12.5. The lowest BCUT2D eigenvalue weighted by atomic mass is 10.1. The average Bonchev–Trinajstić information content (AvgIpc) is 3.20. The van der Waals surface area contributed by atoms with Gasteiger partial charge in [0.1, 0.15) is 0 Å². The van der Waals surface area contributed by atoms with Gasteiger partial charge in [-0.25, -0.2) is 4.68 Å². The van der Waals surface area contributed by atoms with E-state index in [1.165, 1.54) is 0 Å². The summed E-state index contributed by atoms with van der Waals surface area (Å²) in [5, 5.41) is 15.6. The number of rotatable bonds is 14. The molecular formula is C28H39N3O3. The maximum absolute atomic E-state index is 10.6. The minimum atomic E-state index is -0.334. The largest absolute Gasteiger partial charge is 0.493 e. The van der Waals surface area contributed by atoms with E-state index in [-0.39, 0.29) is 6.10 Å². The van der Waals surface area contributed by atoms with Crippen molar-refractivity contribution in [3.8, 4) is 23.1 Å². The Morgan fingerprint density at radius 3 is 2.32 bits per heavy atom. The Hall–Kier alpha value is -2.83. The Kier molecular flexibility index (Phi) is 9.98. The summed E-state index contributed by atoms with van der Waals surface area (Å²) >= 11 is 0. The minimum absolute atomic E-state index is 0.334. The van der Waals surface area contributed by atoms with Crippen molar-refractivity contribution in [2.24, 2.45) is 0 Å². The van der Waals surface area contributed by atoms with Crippen molar-refractivity contribution in [1.29, 1.82) is 0 Å². The van der Waals surface area contributed by atoms with Crippen LogP contribution in [0.3, 0.4) is 0 Å². The maximum Gasteiger partial charge on any atom is 0.227 e. The molecule has 0 bridgehead atoms. The van der Waals surface area contributed by atoms with Crippen LogP contribution in [0.5, 0.6) is 17.4 Å². The summed E-state index contributed by atoms with van der Waals surface area (Å²) in [6.45, 7) is 8.65. The summed E-state index contributed by atoms with van der Waals surface area (Å²) in [4.78, 5) is 2.32. The van der Waals surface area contributed by atoms with Crippen molar-refractivity contribution in [2.75, 3.05) is 20.2 Å². The van der Waals surface area contributed by atoms with Gasteiger partial charge in [-0.05, 0) is 50.1 Å². The third-order valence-corrected chi connectivity index (χ3v) is 5.91. The van der Waals surface area contributed by atoms with Crippen LogP contribution in [0, 0.1) is 0 Å². The molecule has 0 aliphatic carbocycles. The van der Waals surface area contributed by atoms with Crippen LogP contribution in [-0.2, 0) is 13.0 Å². The number of para-hydroxylation sites is 3. The summed E-state index contributed by atoms with van der Waals surface area (Å²) < 4.78 is 14.0. The quantitative estimate of drug-likeness (QED) is 0.316. The zero-order valence-corrected chi connectivity index (χ0v) is 21.0. The van der Waals surface area contributed by atoms with Crippen molar-refractivity contribution in [3.05, 3.63) is 65.9 Å². The lowest BCUT2D eigenvalue weighted by molar-refractivity contribution is 0.0990. The van der Waals surface area contributed by atoms with E-state index in [0.717, 1.165) is 55.6 Å². The third kappa shape index (κ3) is 6.61. The van der Waals surface area contributed by atoms with Gasteiger partial charge in [-0.1, -0.05) is 63.9 Å². The Balaban J connectivity index is 2.02. The van der Waals surface area contributed by atoms with Gasteiger partial charge in [-0.3, -0.25) is 4.90 Å². The smallest absolute Gasteiger partial charge is 0.227 e. The number of hydrogen-bond donors (Lipinski definition) is 1. The molecule has 0 saturated carbocycles. The highest BCUT2D eigenvalue weighted by Gasteiger charge is 2.24. The molecule has 0 unspecified atom stereocenters. The molecule has 1 aromatic heterocycles. The lowest BCUT2D eigenvalue weighted by Gasteiger charge is -2.25. The number of aliphatic hydroxyl groups is 1. The molecule has 2 aromatic carbocycles. The number of methoxy groups -OCH3 is 1. The fraction of sp³-hybridized carbons (Fsp3) is 0.464. The summed E-state index contributed by atoms with van der Waals surface area (Å²) in [5.41, 5.74) is 2.99. The number of aryl methyl sites for hydroxylation is 1. The molecule has 6 nitrogen and oxygen atoms in total. The number of unbranched alkanes of at least 4 members (excludes halogenated alkanes) is 1. The highest BCUT2D eigenvalue weighted by atomic mass is 16.5. The maximum atomic E-state index is 10.6. The number of aliphatic hydroxyl groups excluding tert-OH is 1. The average molecular weight is 466 g/mol. The van der Waals surface area contributed by atoms with Crippen LogP contribution in [0.4, 0.5) is 0 Å². The zero-order chi connectivity index (χ0) is 24.3. The predicted molar refractivity (Wildman–Crippen MR) is 137 cm³/mol. The number of aromatic nitrogens is 2. The summed E-state index contributed by atoms with van der Waals surface area (Å²) in [6.07, 6.45) is 4.42. The SMILES string of the molecule is CCCC[C@H](O)CN(CCC)Cc1c(CC)nn(-c2ccccc2)c1Oc1ccccc1OC. The summed E-state index contributed by atoms with van der Waals surface area (Å²) in [5.74, 6) is 2.01.